The molecule has 20 heavy (non-hydrogen) atoms. The van der Waals surface area contributed by atoms with Gasteiger partial charge in [-0.3, -0.25) is 0 Å². The molecule has 1 fully saturated rings. The Kier molecular flexibility index (Phi) is 4.40. The molecule has 1 aromatic heterocycles. The molecule has 0 amide bonds. The Morgan fingerprint density at radius 2 is 2.05 bits per heavy atom. The van der Waals surface area contributed by atoms with E-state index in [0.29, 0.717) is 12.6 Å². The van der Waals surface area contributed by atoms with Gasteiger partial charge >= 0.3 is 6.01 Å². The predicted molar refractivity (Wildman–Crippen MR) is 79.0 cm³/mol. The second-order valence-corrected chi connectivity index (χ2v) is 5.01. The summed E-state index contributed by atoms with van der Waals surface area (Å²) in [5, 5.41) is 4.40. The summed E-state index contributed by atoms with van der Waals surface area (Å²) in [6.45, 7) is 6.19. The summed E-state index contributed by atoms with van der Waals surface area (Å²) in [6, 6.07) is 8.42. The Bertz CT molecular complexity index is 554. The zero-order valence-electron chi connectivity index (χ0n) is 11.6. The van der Waals surface area contributed by atoms with E-state index in [-0.39, 0.29) is 0 Å². The molecule has 2 aromatic rings. The number of piperazine rings is 1. The van der Waals surface area contributed by atoms with Crippen molar-refractivity contribution in [3.8, 4) is 6.01 Å². The lowest BCUT2D eigenvalue weighted by atomic mass is 10.2. The summed E-state index contributed by atoms with van der Waals surface area (Å²) < 4.78 is 5.64. The maximum Gasteiger partial charge on any atom is 0.316 e. The van der Waals surface area contributed by atoms with Gasteiger partial charge in [0, 0.05) is 44.3 Å². The molecule has 0 atom stereocenters. The van der Waals surface area contributed by atoms with Crippen LogP contribution >= 0.6 is 0 Å². The van der Waals surface area contributed by atoms with Crippen LogP contribution in [0.3, 0.4) is 0 Å². The number of fused-ring (bicyclic) bond motifs is 1. The highest BCUT2D eigenvalue weighted by molar-refractivity contribution is 5.77. The van der Waals surface area contributed by atoms with E-state index < -0.39 is 0 Å². The van der Waals surface area contributed by atoms with E-state index in [1.807, 2.05) is 30.5 Å². The van der Waals surface area contributed by atoms with Crippen LogP contribution in [0.1, 0.15) is 6.42 Å². The van der Waals surface area contributed by atoms with Gasteiger partial charge in [-0.2, -0.15) is 4.98 Å². The van der Waals surface area contributed by atoms with Crippen molar-refractivity contribution in [2.75, 3.05) is 39.3 Å². The average molecular weight is 272 g/mol. The molecule has 0 aliphatic carbocycles. The van der Waals surface area contributed by atoms with Crippen LogP contribution in [-0.4, -0.2) is 54.2 Å². The first-order chi connectivity index (χ1) is 9.92. The highest BCUT2D eigenvalue weighted by atomic mass is 16.5. The van der Waals surface area contributed by atoms with Crippen LogP contribution in [0, 0.1) is 0 Å². The van der Waals surface area contributed by atoms with Gasteiger partial charge in [0.2, 0.25) is 0 Å². The van der Waals surface area contributed by atoms with Crippen LogP contribution < -0.4 is 10.1 Å². The van der Waals surface area contributed by atoms with Gasteiger partial charge in [-0.25, -0.2) is 4.98 Å². The maximum absolute atomic E-state index is 5.64. The number of hydrogen-bond acceptors (Lipinski definition) is 5. The lowest BCUT2D eigenvalue weighted by molar-refractivity contribution is 0.209. The first-order valence-corrected chi connectivity index (χ1v) is 7.19. The van der Waals surface area contributed by atoms with Crippen molar-refractivity contribution in [1.82, 2.24) is 20.2 Å². The monoisotopic (exact) mass is 272 g/mol. The first-order valence-electron chi connectivity index (χ1n) is 7.19. The van der Waals surface area contributed by atoms with E-state index in [2.05, 4.69) is 20.2 Å². The summed E-state index contributed by atoms with van der Waals surface area (Å²) in [6.07, 6.45) is 2.82. The molecule has 0 spiro atoms. The Labute approximate surface area is 119 Å². The van der Waals surface area contributed by atoms with Gasteiger partial charge in [-0.15, -0.1) is 0 Å². The summed E-state index contributed by atoms with van der Waals surface area (Å²) in [5.41, 5.74) is 0.930. The Morgan fingerprint density at radius 3 is 2.95 bits per heavy atom. The summed E-state index contributed by atoms with van der Waals surface area (Å²) >= 11 is 0. The van der Waals surface area contributed by atoms with E-state index in [1.165, 1.54) is 0 Å². The number of nitrogens with zero attached hydrogens (tertiary/aromatic N) is 3. The zero-order valence-corrected chi connectivity index (χ0v) is 11.6. The number of benzene rings is 1. The Morgan fingerprint density at radius 1 is 1.20 bits per heavy atom. The summed E-state index contributed by atoms with van der Waals surface area (Å²) in [4.78, 5) is 11.1. The minimum atomic E-state index is 0.476. The minimum Gasteiger partial charge on any atom is -0.463 e. The van der Waals surface area contributed by atoms with Gasteiger partial charge in [0.1, 0.15) is 0 Å². The largest absolute Gasteiger partial charge is 0.463 e. The summed E-state index contributed by atoms with van der Waals surface area (Å²) in [7, 11) is 0. The van der Waals surface area contributed by atoms with E-state index in [0.717, 1.165) is 50.0 Å². The third-order valence-corrected chi connectivity index (χ3v) is 3.53. The highest BCUT2D eigenvalue weighted by Crippen LogP contribution is 2.12. The van der Waals surface area contributed by atoms with Crippen LogP contribution in [0.4, 0.5) is 0 Å². The molecule has 106 valence electrons. The molecule has 2 heterocycles. The zero-order chi connectivity index (χ0) is 13.6. The molecule has 0 saturated carbocycles. The minimum absolute atomic E-state index is 0.476. The smallest absolute Gasteiger partial charge is 0.316 e. The summed E-state index contributed by atoms with van der Waals surface area (Å²) in [5.74, 6) is 0. The fourth-order valence-electron chi connectivity index (χ4n) is 2.41. The van der Waals surface area contributed by atoms with Crippen molar-refractivity contribution in [1.29, 1.82) is 0 Å². The number of ether oxygens (including phenoxy) is 1. The molecule has 0 bridgehead atoms. The van der Waals surface area contributed by atoms with Crippen molar-refractivity contribution < 1.29 is 4.74 Å². The highest BCUT2D eigenvalue weighted by Gasteiger charge is 2.08. The second-order valence-electron chi connectivity index (χ2n) is 5.01. The van der Waals surface area contributed by atoms with Crippen LogP contribution in [0.15, 0.2) is 30.5 Å². The Hall–Kier alpha value is -1.72. The van der Waals surface area contributed by atoms with Crippen LogP contribution in [-0.2, 0) is 0 Å². The SMILES string of the molecule is c1ccc2nc(OCCCN3CCNCC3)ncc2c1. The number of hydrogen-bond donors (Lipinski definition) is 1. The van der Waals surface area contributed by atoms with Gasteiger partial charge in [0.25, 0.3) is 0 Å². The molecule has 5 heteroatoms. The number of nitrogens with one attached hydrogen (secondary N) is 1. The molecular weight excluding hydrogens is 252 g/mol. The lowest BCUT2D eigenvalue weighted by Gasteiger charge is -2.26. The third kappa shape index (κ3) is 3.43. The van der Waals surface area contributed by atoms with Crippen molar-refractivity contribution in [3.63, 3.8) is 0 Å². The van der Waals surface area contributed by atoms with E-state index in [4.69, 9.17) is 4.74 Å². The maximum atomic E-state index is 5.64. The van der Waals surface area contributed by atoms with Crippen LogP contribution in [0.5, 0.6) is 6.01 Å². The number of rotatable bonds is 5. The normalized spacial score (nSPS) is 16.4. The van der Waals surface area contributed by atoms with Gasteiger partial charge < -0.3 is 15.0 Å². The second kappa shape index (κ2) is 6.63. The standard InChI is InChI=1S/C15H20N4O/c1-2-5-14-13(4-1)12-17-15(18-14)20-11-3-8-19-9-6-16-7-10-19/h1-2,4-5,12,16H,3,6-11H2. The molecule has 1 aromatic carbocycles. The average Bonchev–Trinajstić information content (AvgIpc) is 2.52. The van der Waals surface area contributed by atoms with Gasteiger partial charge in [0.05, 0.1) is 12.1 Å². The van der Waals surface area contributed by atoms with E-state index >= 15 is 0 Å². The molecule has 0 radical (unpaired) electrons. The molecule has 1 N–H and O–H groups in total. The number of para-hydroxylation sites is 1. The van der Waals surface area contributed by atoms with E-state index in [1.54, 1.807) is 0 Å². The van der Waals surface area contributed by atoms with Crippen molar-refractivity contribution in [2.45, 2.75) is 6.42 Å². The molecule has 1 aliphatic heterocycles. The van der Waals surface area contributed by atoms with Crippen molar-refractivity contribution in [2.24, 2.45) is 0 Å². The molecule has 1 aliphatic rings. The van der Waals surface area contributed by atoms with Gasteiger partial charge in [0.15, 0.2) is 0 Å². The fraction of sp³-hybridized carbons (Fsp3) is 0.467. The van der Waals surface area contributed by atoms with Crippen molar-refractivity contribution >= 4 is 10.9 Å². The molecule has 0 unspecified atom stereocenters. The van der Waals surface area contributed by atoms with Crippen LogP contribution in [0.25, 0.3) is 10.9 Å². The lowest BCUT2D eigenvalue weighted by Crippen LogP contribution is -2.44. The van der Waals surface area contributed by atoms with Gasteiger partial charge in [-0.05, 0) is 12.5 Å². The fourth-order valence-corrected chi connectivity index (χ4v) is 2.41. The third-order valence-electron chi connectivity index (χ3n) is 3.53. The quantitative estimate of drug-likeness (QED) is 0.832. The topological polar surface area (TPSA) is 50.3 Å². The van der Waals surface area contributed by atoms with Gasteiger partial charge in [-0.1, -0.05) is 18.2 Å². The molecule has 1 saturated heterocycles. The molecule has 5 nitrogen and oxygen atoms in total. The first kappa shape index (κ1) is 13.3. The Balaban J connectivity index is 1.47. The van der Waals surface area contributed by atoms with E-state index in [9.17, 15) is 0 Å². The van der Waals surface area contributed by atoms with Crippen molar-refractivity contribution in [3.05, 3.63) is 30.5 Å². The number of aromatic nitrogens is 2. The predicted octanol–water partition coefficient (Wildman–Crippen LogP) is 1.30. The van der Waals surface area contributed by atoms with Crippen LogP contribution in [0.2, 0.25) is 0 Å². The molecule has 3 rings (SSSR count). The molecular formula is C15H20N4O.